The van der Waals surface area contributed by atoms with Gasteiger partial charge in [0, 0.05) is 26.3 Å². The summed E-state index contributed by atoms with van der Waals surface area (Å²) in [5.41, 5.74) is 1.19. The van der Waals surface area contributed by atoms with E-state index in [2.05, 4.69) is 10.6 Å². The molecule has 0 heterocycles. The number of ether oxygens (including phenoxy) is 2. The van der Waals surface area contributed by atoms with E-state index in [1.54, 1.807) is 32.2 Å². The average Bonchev–Trinajstić information content (AvgIpc) is 2.51. The van der Waals surface area contributed by atoms with Crippen molar-refractivity contribution in [3.8, 4) is 11.8 Å². The highest BCUT2D eigenvalue weighted by Gasteiger charge is 2.14. The first-order valence-corrected chi connectivity index (χ1v) is 6.73. The Morgan fingerprint density at radius 3 is 2.81 bits per heavy atom. The molecular weight excluding hydrogens is 270 g/mol. The van der Waals surface area contributed by atoms with E-state index in [1.807, 2.05) is 6.07 Å². The number of nitrogens with one attached hydrogen (secondary N) is 2. The largest absolute Gasteiger partial charge is 0.495 e. The van der Waals surface area contributed by atoms with Crippen molar-refractivity contribution in [2.75, 3.05) is 32.7 Å². The summed E-state index contributed by atoms with van der Waals surface area (Å²) in [5.74, 6) is 0.436. The van der Waals surface area contributed by atoms with Crippen LogP contribution in [0.25, 0.3) is 0 Å². The maximum atomic E-state index is 11.9. The van der Waals surface area contributed by atoms with E-state index in [0.717, 1.165) is 6.42 Å². The van der Waals surface area contributed by atoms with Crippen LogP contribution in [0.3, 0.4) is 0 Å². The van der Waals surface area contributed by atoms with Gasteiger partial charge >= 0.3 is 0 Å². The van der Waals surface area contributed by atoms with Crippen LogP contribution in [0.1, 0.15) is 18.9 Å². The number of hydrogen-bond donors (Lipinski definition) is 2. The van der Waals surface area contributed by atoms with Crippen molar-refractivity contribution in [1.29, 1.82) is 5.26 Å². The summed E-state index contributed by atoms with van der Waals surface area (Å²) >= 11 is 0. The van der Waals surface area contributed by atoms with Crippen LogP contribution in [0.4, 0.5) is 5.69 Å². The highest BCUT2D eigenvalue weighted by molar-refractivity contribution is 5.84. The molecule has 0 aliphatic heterocycles. The van der Waals surface area contributed by atoms with Gasteiger partial charge in [-0.2, -0.15) is 5.26 Å². The Morgan fingerprint density at radius 1 is 1.43 bits per heavy atom. The third-order valence-corrected chi connectivity index (χ3v) is 2.92. The van der Waals surface area contributed by atoms with Gasteiger partial charge in [0.05, 0.1) is 24.4 Å². The van der Waals surface area contributed by atoms with Crippen molar-refractivity contribution in [3.63, 3.8) is 0 Å². The molecule has 0 aromatic heterocycles. The van der Waals surface area contributed by atoms with Gasteiger partial charge in [-0.3, -0.25) is 4.79 Å². The maximum Gasteiger partial charge on any atom is 0.242 e. The zero-order valence-electron chi connectivity index (χ0n) is 12.6. The molecule has 1 aromatic rings. The standard InChI is InChI=1S/C15H21N3O3/c1-11(15(19)17-7-4-8-20-2)18-13-6-5-12(10-16)9-14(13)21-3/h5-6,9,11,18H,4,7-8H2,1-3H3,(H,17,19). The molecule has 1 amide bonds. The van der Waals surface area contributed by atoms with Gasteiger partial charge < -0.3 is 20.1 Å². The Kier molecular flexibility index (Phi) is 7.05. The van der Waals surface area contributed by atoms with Gasteiger partial charge in [-0.1, -0.05) is 0 Å². The Labute approximate surface area is 125 Å². The first-order valence-electron chi connectivity index (χ1n) is 6.73. The number of methoxy groups -OCH3 is 2. The highest BCUT2D eigenvalue weighted by atomic mass is 16.5. The van der Waals surface area contributed by atoms with Gasteiger partial charge in [0.15, 0.2) is 0 Å². The molecule has 2 N–H and O–H groups in total. The minimum atomic E-state index is -0.408. The molecular formula is C15H21N3O3. The molecule has 0 spiro atoms. The zero-order chi connectivity index (χ0) is 15.7. The van der Waals surface area contributed by atoms with E-state index in [0.29, 0.717) is 30.2 Å². The number of nitrogens with zero attached hydrogens (tertiary/aromatic N) is 1. The minimum absolute atomic E-state index is 0.0995. The summed E-state index contributed by atoms with van der Waals surface area (Å²) in [7, 11) is 3.15. The first kappa shape index (κ1) is 16.8. The van der Waals surface area contributed by atoms with Crippen LogP contribution in [0.15, 0.2) is 18.2 Å². The van der Waals surface area contributed by atoms with Crippen LogP contribution >= 0.6 is 0 Å². The molecule has 1 aromatic carbocycles. The number of rotatable bonds is 8. The lowest BCUT2D eigenvalue weighted by Gasteiger charge is -2.17. The molecule has 114 valence electrons. The van der Waals surface area contributed by atoms with E-state index in [4.69, 9.17) is 14.7 Å². The summed E-state index contributed by atoms with van der Waals surface area (Å²) in [5, 5.41) is 14.8. The lowest BCUT2D eigenvalue weighted by molar-refractivity contribution is -0.121. The predicted octanol–water partition coefficient (Wildman–Crippen LogP) is 1.52. The van der Waals surface area contributed by atoms with Crippen LogP contribution in [0, 0.1) is 11.3 Å². The molecule has 0 fully saturated rings. The van der Waals surface area contributed by atoms with Crippen molar-refractivity contribution < 1.29 is 14.3 Å². The van der Waals surface area contributed by atoms with Crippen molar-refractivity contribution in [2.24, 2.45) is 0 Å². The minimum Gasteiger partial charge on any atom is -0.495 e. The van der Waals surface area contributed by atoms with Gasteiger partial charge in [0.2, 0.25) is 5.91 Å². The van der Waals surface area contributed by atoms with Crippen molar-refractivity contribution >= 4 is 11.6 Å². The summed E-state index contributed by atoms with van der Waals surface area (Å²) in [6, 6.07) is 6.67. The van der Waals surface area contributed by atoms with Gasteiger partial charge in [-0.15, -0.1) is 0 Å². The number of benzene rings is 1. The Hall–Kier alpha value is -2.26. The van der Waals surface area contributed by atoms with E-state index in [-0.39, 0.29) is 5.91 Å². The smallest absolute Gasteiger partial charge is 0.242 e. The van der Waals surface area contributed by atoms with E-state index in [9.17, 15) is 4.79 Å². The summed E-state index contributed by atoms with van der Waals surface area (Å²) in [6.07, 6.45) is 0.773. The fourth-order valence-electron chi connectivity index (χ4n) is 1.76. The lowest BCUT2D eigenvalue weighted by Crippen LogP contribution is -2.38. The Bertz CT molecular complexity index is 511. The molecule has 6 nitrogen and oxygen atoms in total. The monoisotopic (exact) mass is 291 g/mol. The summed E-state index contributed by atoms with van der Waals surface area (Å²) < 4.78 is 10.1. The molecule has 1 atom stereocenters. The Morgan fingerprint density at radius 2 is 2.19 bits per heavy atom. The molecule has 6 heteroatoms. The number of carbonyl (C=O) groups excluding carboxylic acids is 1. The van der Waals surface area contributed by atoms with E-state index >= 15 is 0 Å². The van der Waals surface area contributed by atoms with Crippen molar-refractivity contribution in [3.05, 3.63) is 23.8 Å². The van der Waals surface area contributed by atoms with Crippen molar-refractivity contribution in [1.82, 2.24) is 5.32 Å². The maximum absolute atomic E-state index is 11.9. The topological polar surface area (TPSA) is 83.4 Å². The molecule has 21 heavy (non-hydrogen) atoms. The molecule has 0 saturated heterocycles. The van der Waals surface area contributed by atoms with E-state index in [1.165, 1.54) is 7.11 Å². The van der Waals surface area contributed by atoms with Gasteiger partial charge in [0.1, 0.15) is 11.8 Å². The third kappa shape index (κ3) is 5.32. The molecule has 0 bridgehead atoms. The average molecular weight is 291 g/mol. The van der Waals surface area contributed by atoms with Crippen LogP contribution in [0.2, 0.25) is 0 Å². The Balaban J connectivity index is 2.59. The normalized spacial score (nSPS) is 11.3. The molecule has 0 saturated carbocycles. The summed E-state index contributed by atoms with van der Waals surface area (Å²) in [4.78, 5) is 11.9. The van der Waals surface area contributed by atoms with Crippen molar-refractivity contribution in [2.45, 2.75) is 19.4 Å². The number of hydrogen-bond acceptors (Lipinski definition) is 5. The predicted molar refractivity (Wildman–Crippen MR) is 80.3 cm³/mol. The number of carbonyl (C=O) groups is 1. The van der Waals surface area contributed by atoms with Crippen LogP contribution in [-0.4, -0.2) is 39.3 Å². The molecule has 0 aliphatic carbocycles. The van der Waals surface area contributed by atoms with Crippen LogP contribution in [-0.2, 0) is 9.53 Å². The summed E-state index contributed by atoms with van der Waals surface area (Å²) in [6.45, 7) is 2.96. The second kappa shape index (κ2) is 8.82. The van der Waals surface area contributed by atoms with Gasteiger partial charge in [-0.05, 0) is 25.5 Å². The second-order valence-electron chi connectivity index (χ2n) is 4.53. The number of amides is 1. The third-order valence-electron chi connectivity index (χ3n) is 2.92. The first-order chi connectivity index (χ1) is 10.1. The van der Waals surface area contributed by atoms with E-state index < -0.39 is 6.04 Å². The quantitative estimate of drug-likeness (QED) is 0.710. The number of anilines is 1. The fourth-order valence-corrected chi connectivity index (χ4v) is 1.76. The molecule has 1 rings (SSSR count). The van der Waals surface area contributed by atoms with Gasteiger partial charge in [0.25, 0.3) is 0 Å². The SMILES string of the molecule is COCCCNC(=O)C(C)Nc1ccc(C#N)cc1OC. The second-order valence-corrected chi connectivity index (χ2v) is 4.53. The molecule has 0 radical (unpaired) electrons. The molecule has 1 unspecified atom stereocenters. The van der Waals surface area contributed by atoms with Crippen LogP contribution < -0.4 is 15.4 Å². The lowest BCUT2D eigenvalue weighted by atomic mass is 10.2. The molecule has 0 aliphatic rings. The highest BCUT2D eigenvalue weighted by Crippen LogP contribution is 2.25. The number of nitriles is 1. The van der Waals surface area contributed by atoms with Gasteiger partial charge in [-0.25, -0.2) is 0 Å². The fraction of sp³-hybridized carbons (Fsp3) is 0.467. The zero-order valence-corrected chi connectivity index (χ0v) is 12.6. The van der Waals surface area contributed by atoms with Crippen LogP contribution in [0.5, 0.6) is 5.75 Å².